The van der Waals surface area contributed by atoms with Crippen LogP contribution in [0.15, 0.2) is 12.4 Å². The van der Waals surface area contributed by atoms with Crippen molar-refractivity contribution in [3.05, 3.63) is 23.8 Å². The molecule has 1 aromatic heterocycles. The van der Waals surface area contributed by atoms with E-state index >= 15 is 0 Å². The second-order valence-electron chi connectivity index (χ2n) is 5.24. The molecule has 21 heavy (non-hydrogen) atoms. The topological polar surface area (TPSA) is 112 Å². The molecule has 1 aromatic rings. The number of aromatic nitrogens is 2. The molecule has 1 atom stereocenters. The zero-order valence-corrected chi connectivity index (χ0v) is 11.2. The normalized spacial score (nSPS) is 21.4. The van der Waals surface area contributed by atoms with E-state index in [9.17, 15) is 14.4 Å². The van der Waals surface area contributed by atoms with E-state index in [1.165, 1.54) is 0 Å². The molecule has 0 spiro atoms. The summed E-state index contributed by atoms with van der Waals surface area (Å²) in [6.45, 7) is 0.524. The first-order valence-electron chi connectivity index (χ1n) is 6.70. The summed E-state index contributed by atoms with van der Waals surface area (Å²) in [5.41, 5.74) is -0.181. The molecule has 1 aliphatic heterocycles. The van der Waals surface area contributed by atoms with Gasteiger partial charge in [0.1, 0.15) is 5.69 Å². The lowest BCUT2D eigenvalue weighted by molar-refractivity contribution is -0.128. The van der Waals surface area contributed by atoms with Gasteiger partial charge in [-0.25, -0.2) is 14.8 Å². The van der Waals surface area contributed by atoms with E-state index in [-0.39, 0.29) is 23.3 Å². The Kier molecular flexibility index (Phi) is 3.28. The highest BCUT2D eigenvalue weighted by Gasteiger charge is 2.39. The van der Waals surface area contributed by atoms with Crippen LogP contribution in [0.25, 0.3) is 0 Å². The highest BCUT2D eigenvalue weighted by Crippen LogP contribution is 2.30. The van der Waals surface area contributed by atoms with E-state index in [1.807, 2.05) is 4.90 Å². The molecule has 0 aromatic carbocycles. The molecule has 0 radical (unpaired) electrons. The van der Waals surface area contributed by atoms with Crippen molar-refractivity contribution in [2.24, 2.45) is 0 Å². The van der Waals surface area contributed by atoms with Crippen LogP contribution in [0.1, 0.15) is 40.2 Å². The third-order valence-electron chi connectivity index (χ3n) is 3.58. The Morgan fingerprint density at radius 1 is 1.24 bits per heavy atom. The third-order valence-corrected chi connectivity index (χ3v) is 3.58. The number of aromatic carboxylic acids is 1. The van der Waals surface area contributed by atoms with Crippen molar-refractivity contribution < 1.29 is 19.5 Å². The van der Waals surface area contributed by atoms with Crippen molar-refractivity contribution in [3.8, 4) is 0 Å². The Bertz CT molecular complexity index is 597. The number of nitrogens with one attached hydrogen (secondary N) is 1. The minimum Gasteiger partial charge on any atom is -0.476 e. The Hall–Kier alpha value is -2.51. The van der Waals surface area contributed by atoms with Crippen LogP contribution in [0.5, 0.6) is 0 Å². The second kappa shape index (κ2) is 5.12. The number of carboxylic acid groups (broad SMARTS) is 1. The average molecular weight is 290 g/mol. The molecule has 8 nitrogen and oxygen atoms in total. The first-order valence-corrected chi connectivity index (χ1v) is 6.70. The monoisotopic (exact) mass is 290 g/mol. The fraction of sp³-hybridized carbons (Fsp3) is 0.462. The number of hydrogen-bond donors (Lipinski definition) is 2. The number of nitrogens with zero attached hydrogens (tertiary/aromatic N) is 3. The molecule has 1 saturated heterocycles. The number of carboxylic acids is 1. The molecule has 2 fully saturated rings. The van der Waals surface area contributed by atoms with Gasteiger partial charge in [0, 0.05) is 19.0 Å². The van der Waals surface area contributed by atoms with E-state index in [0.29, 0.717) is 19.0 Å². The summed E-state index contributed by atoms with van der Waals surface area (Å²) in [6, 6.07) is 0.112. The molecular weight excluding hydrogens is 276 g/mol. The Balaban J connectivity index is 1.61. The average Bonchev–Trinajstić information content (AvgIpc) is 3.23. The predicted molar refractivity (Wildman–Crippen MR) is 69.6 cm³/mol. The van der Waals surface area contributed by atoms with Crippen LogP contribution < -0.4 is 5.32 Å². The molecule has 2 amide bonds. The van der Waals surface area contributed by atoms with Crippen molar-refractivity contribution in [2.45, 2.75) is 31.3 Å². The van der Waals surface area contributed by atoms with Crippen LogP contribution in [-0.2, 0) is 4.79 Å². The molecule has 1 saturated carbocycles. The molecule has 2 N–H and O–H groups in total. The molecule has 1 unspecified atom stereocenters. The minimum absolute atomic E-state index is 0.0392. The number of amides is 2. The lowest BCUT2D eigenvalue weighted by atomic mass is 10.2. The lowest BCUT2D eigenvalue weighted by Crippen LogP contribution is -2.38. The first-order chi connectivity index (χ1) is 10.0. The van der Waals surface area contributed by atoms with Crippen LogP contribution in [0.2, 0.25) is 0 Å². The number of hydrogen-bond acceptors (Lipinski definition) is 5. The van der Waals surface area contributed by atoms with Gasteiger partial charge in [-0.3, -0.25) is 9.59 Å². The molecule has 0 bridgehead atoms. The fourth-order valence-corrected chi connectivity index (χ4v) is 2.38. The van der Waals surface area contributed by atoms with Gasteiger partial charge in [0.25, 0.3) is 5.91 Å². The van der Waals surface area contributed by atoms with Gasteiger partial charge >= 0.3 is 5.97 Å². The van der Waals surface area contributed by atoms with Crippen LogP contribution in [0.3, 0.4) is 0 Å². The number of carbonyl (C=O) groups is 3. The molecule has 8 heteroatoms. The summed E-state index contributed by atoms with van der Waals surface area (Å²) in [4.78, 5) is 43.7. The quantitative estimate of drug-likeness (QED) is 0.785. The molecule has 2 aliphatic rings. The third kappa shape index (κ3) is 2.83. The number of likely N-dealkylation sites (tertiary alicyclic amines) is 1. The Morgan fingerprint density at radius 2 is 1.90 bits per heavy atom. The zero-order chi connectivity index (χ0) is 15.0. The van der Waals surface area contributed by atoms with Gasteiger partial charge in [-0.15, -0.1) is 0 Å². The summed E-state index contributed by atoms with van der Waals surface area (Å²) in [7, 11) is 0. The smallest absolute Gasteiger partial charge is 0.356 e. The van der Waals surface area contributed by atoms with Gasteiger partial charge < -0.3 is 15.3 Å². The van der Waals surface area contributed by atoms with Gasteiger partial charge in [-0.05, 0) is 12.8 Å². The van der Waals surface area contributed by atoms with Gasteiger partial charge in [0.15, 0.2) is 5.69 Å². The SMILES string of the molecule is O=C(O)c1cnc(C(=O)NC2CC(=O)N(C3CC3)C2)cn1. The van der Waals surface area contributed by atoms with E-state index in [1.54, 1.807) is 0 Å². The summed E-state index contributed by atoms with van der Waals surface area (Å²) in [5.74, 6) is -1.58. The molecule has 2 heterocycles. The van der Waals surface area contributed by atoms with Crippen LogP contribution in [0, 0.1) is 0 Å². The van der Waals surface area contributed by atoms with E-state index in [0.717, 1.165) is 25.2 Å². The van der Waals surface area contributed by atoms with Crippen molar-refractivity contribution >= 4 is 17.8 Å². The van der Waals surface area contributed by atoms with Crippen molar-refractivity contribution in [1.29, 1.82) is 0 Å². The fourth-order valence-electron chi connectivity index (χ4n) is 2.38. The maximum absolute atomic E-state index is 12.0. The molecule has 1 aliphatic carbocycles. The Labute approximate surface area is 120 Å². The maximum Gasteiger partial charge on any atom is 0.356 e. The summed E-state index contributed by atoms with van der Waals surface area (Å²) < 4.78 is 0. The lowest BCUT2D eigenvalue weighted by Gasteiger charge is -2.15. The van der Waals surface area contributed by atoms with E-state index < -0.39 is 11.9 Å². The predicted octanol–water partition coefficient (Wildman–Crippen LogP) is -0.332. The van der Waals surface area contributed by atoms with Crippen molar-refractivity contribution in [3.63, 3.8) is 0 Å². The van der Waals surface area contributed by atoms with E-state index in [4.69, 9.17) is 5.11 Å². The molecule has 110 valence electrons. The maximum atomic E-state index is 12.0. The zero-order valence-electron chi connectivity index (χ0n) is 11.2. The van der Waals surface area contributed by atoms with Crippen molar-refractivity contribution in [2.75, 3.05) is 6.54 Å². The second-order valence-corrected chi connectivity index (χ2v) is 5.24. The summed E-state index contributed by atoms with van der Waals surface area (Å²) >= 11 is 0. The first kappa shape index (κ1) is 13.5. The van der Waals surface area contributed by atoms with Crippen LogP contribution in [-0.4, -0.2) is 56.4 Å². The van der Waals surface area contributed by atoms with Crippen LogP contribution >= 0.6 is 0 Å². The van der Waals surface area contributed by atoms with Crippen molar-refractivity contribution in [1.82, 2.24) is 20.2 Å². The van der Waals surface area contributed by atoms with Gasteiger partial charge in [0.05, 0.1) is 18.4 Å². The minimum atomic E-state index is -1.20. The van der Waals surface area contributed by atoms with Crippen LogP contribution in [0.4, 0.5) is 0 Å². The number of carbonyl (C=O) groups excluding carboxylic acids is 2. The van der Waals surface area contributed by atoms with Gasteiger partial charge in [0.2, 0.25) is 5.91 Å². The summed E-state index contributed by atoms with van der Waals surface area (Å²) in [5, 5.41) is 11.4. The standard InChI is InChI=1S/C13H14N4O4/c18-11-3-7(6-17(11)8-1-2-8)16-12(19)9-4-15-10(5-14-9)13(20)21/h4-5,7-8H,1-3,6H2,(H,16,19)(H,20,21). The molecular formula is C13H14N4O4. The van der Waals surface area contributed by atoms with E-state index in [2.05, 4.69) is 15.3 Å². The van der Waals surface area contributed by atoms with Gasteiger partial charge in [-0.2, -0.15) is 0 Å². The Morgan fingerprint density at radius 3 is 2.48 bits per heavy atom. The molecule has 3 rings (SSSR count). The summed E-state index contributed by atoms with van der Waals surface area (Å²) in [6.07, 6.45) is 4.52. The van der Waals surface area contributed by atoms with Gasteiger partial charge in [-0.1, -0.05) is 0 Å². The number of rotatable bonds is 4. The largest absolute Gasteiger partial charge is 0.476 e. The highest BCUT2D eigenvalue weighted by molar-refractivity contribution is 5.93. The highest BCUT2D eigenvalue weighted by atomic mass is 16.4.